The van der Waals surface area contributed by atoms with E-state index in [0.29, 0.717) is 23.4 Å². The van der Waals surface area contributed by atoms with Crippen molar-refractivity contribution < 1.29 is 0 Å². The molecule has 2 aromatic heterocycles. The van der Waals surface area contributed by atoms with Gasteiger partial charge in [0.2, 0.25) is 0 Å². The van der Waals surface area contributed by atoms with Gasteiger partial charge in [0.05, 0.1) is 5.39 Å². The highest BCUT2D eigenvalue weighted by Crippen LogP contribution is 2.27. The van der Waals surface area contributed by atoms with Crippen molar-refractivity contribution in [3.8, 4) is 5.69 Å². The highest BCUT2D eigenvalue weighted by molar-refractivity contribution is 5.84. The molecule has 1 N–H and O–H groups in total. The van der Waals surface area contributed by atoms with Crippen molar-refractivity contribution >= 4 is 16.9 Å². The zero-order valence-electron chi connectivity index (χ0n) is 19.7. The summed E-state index contributed by atoms with van der Waals surface area (Å²) in [4.78, 5) is 18.4. The molecule has 0 saturated carbocycles. The van der Waals surface area contributed by atoms with Gasteiger partial charge in [0.25, 0.3) is 0 Å². The Hall–Kier alpha value is -3.92. The molecular weight excluding hydrogens is 418 g/mol. The number of nitrogens with zero attached hydrogens (tertiary/aromatic N) is 2. The number of allylic oxidation sites excluding steroid dienone is 9. The molecule has 0 saturated heterocycles. The second-order valence-corrected chi connectivity index (χ2v) is 9.03. The molecule has 0 radical (unpaired) electrons. The fourth-order valence-electron chi connectivity index (χ4n) is 4.64. The lowest BCUT2D eigenvalue weighted by molar-refractivity contribution is 0.729. The lowest BCUT2D eigenvalue weighted by atomic mass is 10.00. The van der Waals surface area contributed by atoms with E-state index in [1.807, 2.05) is 31.2 Å². The van der Waals surface area contributed by atoms with E-state index in [1.54, 1.807) is 6.07 Å². The molecule has 0 fully saturated rings. The Bertz CT molecular complexity index is 1440. The number of fused-ring (bicyclic) bond motifs is 1. The Labute approximate surface area is 200 Å². The molecule has 1 aromatic carbocycles. The zero-order chi connectivity index (χ0) is 23.5. The van der Waals surface area contributed by atoms with E-state index in [2.05, 4.69) is 77.5 Å². The van der Waals surface area contributed by atoms with Gasteiger partial charge < -0.3 is 5.32 Å². The van der Waals surface area contributed by atoms with E-state index in [9.17, 15) is 4.79 Å². The number of pyridine rings is 2. The van der Waals surface area contributed by atoms with E-state index in [-0.39, 0.29) is 5.43 Å². The summed E-state index contributed by atoms with van der Waals surface area (Å²) in [5, 5.41) is 4.18. The van der Waals surface area contributed by atoms with Gasteiger partial charge in [-0.1, -0.05) is 67.7 Å². The molecule has 2 aliphatic rings. The Morgan fingerprint density at radius 3 is 2.76 bits per heavy atom. The second-order valence-electron chi connectivity index (χ2n) is 9.03. The SMILES string of the molecule is Cc1cc(CC2=CCC=CC=C2)c2c(=O)cc(NC3=CC(C)CC=C3)n(-c3ccccc3)c2n1. The minimum absolute atomic E-state index is 0.0167. The fraction of sp³-hybridized carbons (Fsp3) is 0.200. The quantitative estimate of drug-likeness (QED) is 0.481. The third-order valence-corrected chi connectivity index (χ3v) is 6.20. The van der Waals surface area contributed by atoms with Crippen molar-refractivity contribution in [3.63, 3.8) is 0 Å². The van der Waals surface area contributed by atoms with Gasteiger partial charge in [-0.25, -0.2) is 4.98 Å². The van der Waals surface area contributed by atoms with Crippen LogP contribution in [0.5, 0.6) is 0 Å². The van der Waals surface area contributed by atoms with Crippen molar-refractivity contribution in [2.24, 2.45) is 5.92 Å². The van der Waals surface area contributed by atoms with Crippen LogP contribution >= 0.6 is 0 Å². The molecular formula is C30H29N3O. The van der Waals surface area contributed by atoms with Gasteiger partial charge in [-0.05, 0) is 67.5 Å². The smallest absolute Gasteiger partial charge is 0.193 e. The van der Waals surface area contributed by atoms with Crippen molar-refractivity contribution in [2.45, 2.75) is 33.1 Å². The molecule has 0 bridgehead atoms. The first-order chi connectivity index (χ1) is 16.6. The van der Waals surface area contributed by atoms with Crippen LogP contribution in [0.4, 0.5) is 5.82 Å². The summed E-state index contributed by atoms with van der Waals surface area (Å²) < 4.78 is 2.07. The summed E-state index contributed by atoms with van der Waals surface area (Å²) in [6.07, 6.45) is 19.7. The fourth-order valence-corrected chi connectivity index (χ4v) is 4.64. The Kier molecular flexibility index (Phi) is 6.13. The molecule has 1 unspecified atom stereocenters. The van der Waals surface area contributed by atoms with Crippen LogP contribution in [-0.2, 0) is 6.42 Å². The zero-order valence-corrected chi connectivity index (χ0v) is 19.7. The normalized spacial score (nSPS) is 17.4. The summed E-state index contributed by atoms with van der Waals surface area (Å²) in [5.41, 5.74) is 5.73. The monoisotopic (exact) mass is 447 g/mol. The van der Waals surface area contributed by atoms with Gasteiger partial charge in [-0.15, -0.1) is 0 Å². The lowest BCUT2D eigenvalue weighted by Crippen LogP contribution is -2.17. The van der Waals surface area contributed by atoms with E-state index in [1.165, 1.54) is 5.57 Å². The van der Waals surface area contributed by atoms with Gasteiger partial charge in [0.15, 0.2) is 11.1 Å². The first-order valence-corrected chi connectivity index (χ1v) is 11.9. The standard InChI is InChI=1S/C30H29N3O/c1-21-11-10-14-25(17-21)32-28-20-27(34)29-24(19-23-12-6-3-4-7-13-23)18-22(2)31-30(29)33(28)26-15-8-5-9-16-26/h3-6,8-10,12-18,20-21,32H,7,11,19H2,1-2H3. The summed E-state index contributed by atoms with van der Waals surface area (Å²) in [6, 6.07) is 13.9. The Morgan fingerprint density at radius 2 is 1.94 bits per heavy atom. The van der Waals surface area contributed by atoms with Crippen LogP contribution in [0.2, 0.25) is 0 Å². The maximum absolute atomic E-state index is 13.6. The van der Waals surface area contributed by atoms with Crippen molar-refractivity contribution in [3.05, 3.63) is 124 Å². The first kappa shape index (κ1) is 21.9. The van der Waals surface area contributed by atoms with Crippen LogP contribution < -0.4 is 10.7 Å². The minimum Gasteiger partial charge on any atom is -0.341 e. The number of hydrogen-bond acceptors (Lipinski definition) is 3. The number of rotatable bonds is 5. The molecule has 4 heteroatoms. The lowest BCUT2D eigenvalue weighted by Gasteiger charge is -2.21. The second kappa shape index (κ2) is 9.52. The molecule has 170 valence electrons. The molecule has 5 rings (SSSR count). The molecule has 2 aliphatic carbocycles. The van der Waals surface area contributed by atoms with Gasteiger partial charge in [-0.2, -0.15) is 0 Å². The maximum Gasteiger partial charge on any atom is 0.193 e. The molecule has 0 amide bonds. The van der Waals surface area contributed by atoms with Gasteiger partial charge in [0.1, 0.15) is 5.82 Å². The average molecular weight is 448 g/mol. The maximum atomic E-state index is 13.6. The summed E-state index contributed by atoms with van der Waals surface area (Å²) in [5.74, 6) is 1.17. The van der Waals surface area contributed by atoms with Crippen LogP contribution in [0.25, 0.3) is 16.7 Å². The van der Waals surface area contributed by atoms with Crippen LogP contribution in [0, 0.1) is 12.8 Å². The van der Waals surface area contributed by atoms with E-state index < -0.39 is 0 Å². The number of aryl methyl sites for hydroxylation is 1. The third kappa shape index (κ3) is 4.58. The molecule has 34 heavy (non-hydrogen) atoms. The van der Waals surface area contributed by atoms with E-state index >= 15 is 0 Å². The summed E-state index contributed by atoms with van der Waals surface area (Å²) in [7, 11) is 0. The molecule has 0 spiro atoms. The highest BCUT2D eigenvalue weighted by Gasteiger charge is 2.17. The number of benzene rings is 1. The van der Waals surface area contributed by atoms with Gasteiger partial charge >= 0.3 is 0 Å². The number of anilines is 1. The Morgan fingerprint density at radius 1 is 1.09 bits per heavy atom. The number of aromatic nitrogens is 2. The largest absolute Gasteiger partial charge is 0.341 e. The number of nitrogens with one attached hydrogen (secondary N) is 1. The third-order valence-electron chi connectivity index (χ3n) is 6.20. The number of hydrogen-bond donors (Lipinski definition) is 1. The highest BCUT2D eigenvalue weighted by atomic mass is 16.1. The van der Waals surface area contributed by atoms with Crippen LogP contribution in [0.3, 0.4) is 0 Å². The van der Waals surface area contributed by atoms with Crippen LogP contribution in [0.15, 0.2) is 107 Å². The Balaban J connectivity index is 1.72. The van der Waals surface area contributed by atoms with Gasteiger partial charge in [-0.3, -0.25) is 9.36 Å². The molecule has 1 atom stereocenters. The van der Waals surface area contributed by atoms with Crippen molar-refractivity contribution in [1.82, 2.24) is 9.55 Å². The molecule has 0 aliphatic heterocycles. The van der Waals surface area contributed by atoms with E-state index in [0.717, 1.165) is 41.3 Å². The van der Waals surface area contributed by atoms with Gasteiger partial charge in [0, 0.05) is 23.1 Å². The van der Waals surface area contributed by atoms with Crippen molar-refractivity contribution in [1.29, 1.82) is 0 Å². The molecule has 2 heterocycles. The topological polar surface area (TPSA) is 46.9 Å². The molecule has 3 aromatic rings. The average Bonchev–Trinajstić information content (AvgIpc) is 3.08. The van der Waals surface area contributed by atoms with E-state index in [4.69, 9.17) is 4.98 Å². The van der Waals surface area contributed by atoms with Crippen molar-refractivity contribution in [2.75, 3.05) is 5.32 Å². The predicted octanol–water partition coefficient (Wildman–Crippen LogP) is 6.57. The van der Waals surface area contributed by atoms with Crippen LogP contribution in [0.1, 0.15) is 31.0 Å². The first-order valence-electron chi connectivity index (χ1n) is 11.9. The predicted molar refractivity (Wildman–Crippen MR) is 141 cm³/mol. The summed E-state index contributed by atoms with van der Waals surface area (Å²) >= 11 is 0. The summed E-state index contributed by atoms with van der Waals surface area (Å²) in [6.45, 7) is 4.19. The number of para-hydroxylation sites is 1. The minimum atomic E-state index is -0.0167. The molecule has 4 nitrogen and oxygen atoms in total. The van der Waals surface area contributed by atoms with Crippen LogP contribution in [-0.4, -0.2) is 9.55 Å².